The lowest BCUT2D eigenvalue weighted by atomic mass is 9.71. The molecule has 0 amide bonds. The fraction of sp³-hybridized carbons (Fsp3) is 0.209. The molecule has 0 N–H and O–H groups in total. The van der Waals surface area contributed by atoms with Crippen LogP contribution < -0.4 is 19.6 Å². The molecular weight excluding hydrogens is 1730 g/mol. The third-order valence-corrected chi connectivity index (χ3v) is 31.2. The molecule has 0 unspecified atom stereocenters. The molecule has 0 bridgehead atoms. The fourth-order valence-electron chi connectivity index (χ4n) is 24.1. The number of hydrogen-bond acceptors (Lipinski definition) is 4. The molecule has 0 aromatic heterocycles. The van der Waals surface area contributed by atoms with Crippen molar-refractivity contribution < 1.29 is 0 Å². The van der Waals surface area contributed by atoms with Gasteiger partial charge in [0.2, 0.25) is 0 Å². The lowest BCUT2D eigenvalue weighted by Gasteiger charge is -2.35. The smallest absolute Gasteiger partial charge is 0.0540 e. The third-order valence-electron chi connectivity index (χ3n) is 31.2. The molecule has 4 aliphatic carbocycles. The van der Waals surface area contributed by atoms with Crippen molar-refractivity contribution in [1.29, 1.82) is 0 Å². The van der Waals surface area contributed by atoms with E-state index in [1.54, 1.807) is 0 Å². The summed E-state index contributed by atoms with van der Waals surface area (Å²) in [6, 6.07) is 161. The van der Waals surface area contributed by atoms with Crippen LogP contribution in [0.3, 0.4) is 0 Å². The molecule has 19 aromatic rings. The van der Waals surface area contributed by atoms with E-state index < -0.39 is 0 Å². The van der Waals surface area contributed by atoms with Crippen LogP contribution in [0.1, 0.15) is 212 Å². The van der Waals surface area contributed by atoms with E-state index in [0.717, 1.165) is 65.5 Å². The quantitative estimate of drug-likeness (QED) is 0.0509. The average molecular weight is 1860 g/mol. The largest absolute Gasteiger partial charge is 0.310 e. The first-order chi connectivity index (χ1) is 68.2. The monoisotopic (exact) mass is 1860 g/mol. The second-order valence-electron chi connectivity index (χ2n) is 40.2. The normalized spacial score (nSPS) is 13.3. The van der Waals surface area contributed by atoms with Crippen molar-refractivity contribution in [3.8, 4) is 77.9 Å². The van der Waals surface area contributed by atoms with Crippen LogP contribution in [0.25, 0.3) is 99.4 Å². The predicted octanol–water partition coefficient (Wildman–Crippen LogP) is 41.3. The Balaban J connectivity index is 0.000000183. The van der Waals surface area contributed by atoms with Crippen molar-refractivity contribution in [2.24, 2.45) is 0 Å². The zero-order valence-corrected chi connectivity index (χ0v) is 81.8. The van der Waals surface area contributed by atoms with Crippen LogP contribution in [-0.4, -0.2) is 0 Å². The molecule has 0 spiro atoms. The van der Waals surface area contributed by atoms with Gasteiger partial charge in [0.15, 0.2) is 0 Å². The van der Waals surface area contributed by atoms with E-state index in [-0.39, 0.29) is 51.4 Å². The zero-order chi connectivity index (χ0) is 94.5. The lowest BCUT2D eigenvalue weighted by Crippen LogP contribution is -2.26. The van der Waals surface area contributed by atoms with Gasteiger partial charge in [0.25, 0.3) is 0 Å². The highest BCUT2D eigenvalue weighted by Gasteiger charge is 2.46. The SMILES string of the molecule is C.C.C.C.CC1(C)c2ccccc2-c2ccc(N(c3ccc(-c4ccccc4)cc3)c3ccc(-c4ccc(N(c5ccc(-c6ccccc6)cc5)c5ccc6c(c5)C(C)(C)c5ccccc5-6)cc4)cc3)cc21.CCCCC1(CCCC)c2ccccc2-c2ccc(N(c3ccc(N(c4ccc5c(c4)C(CCCC)(CCCC)c4ccccc4-5)c4cccc5ccccc45)c(C)c3)c3cccc4ccccc34)cc21. The van der Waals surface area contributed by atoms with Gasteiger partial charge < -0.3 is 19.6 Å². The summed E-state index contributed by atoms with van der Waals surface area (Å²) >= 11 is 0. The van der Waals surface area contributed by atoms with E-state index in [1.807, 2.05) is 0 Å². The van der Waals surface area contributed by atoms with Crippen molar-refractivity contribution in [2.75, 3.05) is 19.6 Å². The Morgan fingerprint density at radius 1 is 0.189 bits per heavy atom. The molecule has 0 radical (unpaired) electrons. The summed E-state index contributed by atoms with van der Waals surface area (Å²) in [6.45, 7) is 21.1. The zero-order valence-electron chi connectivity index (χ0n) is 81.8. The molecule has 143 heavy (non-hydrogen) atoms. The predicted molar refractivity (Wildman–Crippen MR) is 620 cm³/mol. The number of aryl methyl sites for hydroxylation is 1. The summed E-state index contributed by atoms with van der Waals surface area (Å²) in [7, 11) is 0. The molecule has 23 rings (SSSR count). The van der Waals surface area contributed by atoms with Gasteiger partial charge in [0.1, 0.15) is 0 Å². The van der Waals surface area contributed by atoms with Gasteiger partial charge in [0.05, 0.1) is 11.4 Å². The van der Waals surface area contributed by atoms with E-state index in [1.165, 1.54) is 229 Å². The Hall–Kier alpha value is -15.1. The Labute approximate surface area is 852 Å². The fourth-order valence-corrected chi connectivity index (χ4v) is 24.1. The highest BCUT2D eigenvalue weighted by atomic mass is 15.2. The standard InChI is InChI=1S/C69H70N2.C66H52N2.4CH4/c1-6-10-42-68(43-11-7-2)61-32-20-18-30-57(61)59-39-36-53(47-63(59)68)70(66-34-22-26-50-24-14-16-28-55(50)66)52-38-41-65(49(5)46-52)71(67-35-23-27-51-25-15-17-29-56(51)67)54-37-40-60-58-31-19-21-33-62(58)69(44-12-8-3,45-13-9-4)64(60)48-54;1-65(2)61-21-13-11-19-57(61)59-41-39-55(43-63(59)65)67(51-31-23-47(24-32-51)45-15-7-5-8-16-45)53-35-27-49(28-36-53)50-29-37-54(38-30-50)68(52-33-25-48(26-34-52)46-17-9-6-10-18-46)56-40-42-60-58-20-12-14-22-62(58)66(3,4)64(60)44-56;;;;/h14-41,46-48H,6-13,42-45H2,1-5H3;5-44H,1-4H3;4*1H4. The molecule has 0 atom stereocenters. The van der Waals surface area contributed by atoms with Gasteiger partial charge in [-0.15, -0.1) is 0 Å². The number of rotatable bonds is 27. The maximum absolute atomic E-state index is 2.59. The Bertz CT molecular complexity index is 7490. The number of hydrogen-bond donors (Lipinski definition) is 0. The topological polar surface area (TPSA) is 13.0 Å². The van der Waals surface area contributed by atoms with Crippen LogP contribution in [0.5, 0.6) is 0 Å². The summed E-state index contributed by atoms with van der Waals surface area (Å²) in [5.74, 6) is 0. The summed E-state index contributed by atoms with van der Waals surface area (Å²) in [4.78, 5) is 9.92. The minimum absolute atomic E-state index is 0. The van der Waals surface area contributed by atoms with Gasteiger partial charge in [-0.1, -0.05) is 440 Å². The number of nitrogens with zero attached hydrogens (tertiary/aromatic N) is 4. The van der Waals surface area contributed by atoms with Gasteiger partial charge in [-0.3, -0.25) is 0 Å². The Morgan fingerprint density at radius 3 is 0.797 bits per heavy atom. The van der Waals surface area contributed by atoms with Gasteiger partial charge in [-0.25, -0.2) is 0 Å². The number of fused-ring (bicyclic) bond motifs is 14. The first-order valence-corrected chi connectivity index (χ1v) is 50.9. The average Bonchev–Trinajstić information content (AvgIpc) is 1.56. The summed E-state index contributed by atoms with van der Waals surface area (Å²) < 4.78 is 0. The van der Waals surface area contributed by atoms with Crippen molar-refractivity contribution in [2.45, 2.75) is 191 Å². The molecule has 714 valence electrons. The van der Waals surface area contributed by atoms with Crippen LogP contribution in [0.4, 0.5) is 68.2 Å². The van der Waals surface area contributed by atoms with Gasteiger partial charge in [-0.2, -0.15) is 0 Å². The van der Waals surface area contributed by atoms with Crippen LogP contribution in [0.15, 0.2) is 431 Å². The Kier molecular flexibility index (Phi) is 28.3. The van der Waals surface area contributed by atoms with Crippen molar-refractivity contribution in [1.82, 2.24) is 0 Å². The molecule has 4 heteroatoms. The summed E-state index contributed by atoms with van der Waals surface area (Å²) in [6.07, 6.45) is 14.2. The van der Waals surface area contributed by atoms with Crippen molar-refractivity contribution in [3.63, 3.8) is 0 Å². The minimum atomic E-state index is -0.106. The van der Waals surface area contributed by atoms with Crippen molar-refractivity contribution in [3.05, 3.63) is 481 Å². The summed E-state index contributed by atoms with van der Waals surface area (Å²) in [5, 5.41) is 4.98. The van der Waals surface area contributed by atoms with Gasteiger partial charge in [-0.05, 0) is 299 Å². The molecular formula is C139H138N4. The minimum Gasteiger partial charge on any atom is -0.310 e. The van der Waals surface area contributed by atoms with E-state index in [2.05, 4.69) is 513 Å². The first-order valence-electron chi connectivity index (χ1n) is 50.9. The van der Waals surface area contributed by atoms with Crippen molar-refractivity contribution >= 4 is 89.8 Å². The summed E-state index contributed by atoms with van der Waals surface area (Å²) in [5.41, 5.74) is 44.5. The molecule has 0 saturated carbocycles. The highest BCUT2D eigenvalue weighted by molar-refractivity contribution is 6.03. The first kappa shape index (κ1) is 98.1. The molecule has 19 aromatic carbocycles. The Morgan fingerprint density at radius 2 is 0.441 bits per heavy atom. The maximum Gasteiger partial charge on any atom is 0.0540 e. The second-order valence-corrected chi connectivity index (χ2v) is 40.2. The van der Waals surface area contributed by atoms with Crippen LogP contribution >= 0.6 is 0 Å². The molecule has 0 heterocycles. The lowest BCUT2D eigenvalue weighted by molar-refractivity contribution is 0.414. The van der Waals surface area contributed by atoms with Crippen LogP contribution in [0.2, 0.25) is 0 Å². The van der Waals surface area contributed by atoms with E-state index >= 15 is 0 Å². The molecule has 0 saturated heterocycles. The molecule has 0 aliphatic heterocycles. The number of anilines is 12. The van der Waals surface area contributed by atoms with Gasteiger partial charge >= 0.3 is 0 Å². The van der Waals surface area contributed by atoms with Gasteiger partial charge in [0, 0.05) is 89.3 Å². The van der Waals surface area contributed by atoms with E-state index in [4.69, 9.17) is 0 Å². The number of benzene rings is 19. The van der Waals surface area contributed by atoms with Crippen LogP contribution in [0, 0.1) is 6.92 Å². The molecule has 4 nitrogen and oxygen atoms in total. The third kappa shape index (κ3) is 17.5. The molecule has 4 aliphatic rings. The van der Waals surface area contributed by atoms with Crippen LogP contribution in [-0.2, 0) is 21.7 Å². The molecule has 0 fully saturated rings. The number of unbranched alkanes of at least 4 members (excludes halogenated alkanes) is 4. The second kappa shape index (κ2) is 41.2. The maximum atomic E-state index is 2.59. The highest BCUT2D eigenvalue weighted by Crippen LogP contribution is 2.60. The van der Waals surface area contributed by atoms with E-state index in [0.29, 0.717) is 0 Å². The van der Waals surface area contributed by atoms with E-state index in [9.17, 15) is 0 Å².